The lowest BCUT2D eigenvalue weighted by Gasteiger charge is -2.29. The molecule has 5 heteroatoms. The average molecular weight is 351 g/mol. The first-order chi connectivity index (χ1) is 11.4. The minimum absolute atomic E-state index is 0.0275. The van der Waals surface area contributed by atoms with Crippen LogP contribution in [0, 0.1) is 0 Å². The molecule has 1 unspecified atom stereocenters. The SMILES string of the molecule is CN(C)CCCC1c2ccccc2Sc2ccc(C(F)(F)F)cc21. The van der Waals surface area contributed by atoms with E-state index in [4.69, 9.17) is 0 Å². The van der Waals surface area contributed by atoms with Gasteiger partial charge in [-0.15, -0.1) is 0 Å². The van der Waals surface area contributed by atoms with Gasteiger partial charge in [-0.2, -0.15) is 13.2 Å². The summed E-state index contributed by atoms with van der Waals surface area (Å²) in [4.78, 5) is 4.20. The molecule has 0 aromatic heterocycles. The van der Waals surface area contributed by atoms with Crippen molar-refractivity contribution in [2.75, 3.05) is 20.6 Å². The van der Waals surface area contributed by atoms with Gasteiger partial charge in [0.25, 0.3) is 0 Å². The molecule has 0 N–H and O–H groups in total. The number of hydrogen-bond donors (Lipinski definition) is 0. The maximum absolute atomic E-state index is 13.1. The lowest BCUT2D eigenvalue weighted by molar-refractivity contribution is -0.137. The molecule has 0 spiro atoms. The summed E-state index contributed by atoms with van der Waals surface area (Å²) < 4.78 is 39.4. The third-order valence-electron chi connectivity index (χ3n) is 4.32. The van der Waals surface area contributed by atoms with Crippen molar-refractivity contribution >= 4 is 11.8 Å². The Hall–Kier alpha value is -1.46. The van der Waals surface area contributed by atoms with Crippen LogP contribution in [0.2, 0.25) is 0 Å². The third kappa shape index (κ3) is 3.62. The van der Waals surface area contributed by atoms with E-state index in [1.807, 2.05) is 32.3 Å². The molecule has 2 aromatic rings. The molecule has 0 saturated carbocycles. The Kier molecular flexibility index (Phi) is 4.92. The Morgan fingerprint density at radius 1 is 1.00 bits per heavy atom. The van der Waals surface area contributed by atoms with E-state index in [0.717, 1.165) is 40.3 Å². The summed E-state index contributed by atoms with van der Waals surface area (Å²) in [5.74, 6) is 0.0275. The maximum Gasteiger partial charge on any atom is 0.416 e. The highest BCUT2D eigenvalue weighted by Gasteiger charge is 2.33. The van der Waals surface area contributed by atoms with Crippen LogP contribution in [0.3, 0.4) is 0 Å². The summed E-state index contributed by atoms with van der Waals surface area (Å²) in [6.45, 7) is 0.931. The van der Waals surface area contributed by atoms with Crippen molar-refractivity contribution in [3.05, 3.63) is 59.2 Å². The summed E-state index contributed by atoms with van der Waals surface area (Å²) in [5.41, 5.74) is 1.40. The zero-order valence-electron chi connectivity index (χ0n) is 13.7. The van der Waals surface area contributed by atoms with Crippen molar-refractivity contribution in [1.82, 2.24) is 4.90 Å². The number of benzene rings is 2. The molecule has 0 saturated heterocycles. The summed E-state index contributed by atoms with van der Waals surface area (Å²) in [7, 11) is 4.03. The van der Waals surface area contributed by atoms with Crippen molar-refractivity contribution in [2.45, 2.75) is 34.7 Å². The molecular formula is C19H20F3NS. The van der Waals surface area contributed by atoms with Gasteiger partial charge in [0.1, 0.15) is 0 Å². The van der Waals surface area contributed by atoms with Gasteiger partial charge in [0.15, 0.2) is 0 Å². The fourth-order valence-electron chi connectivity index (χ4n) is 3.16. The lowest BCUT2D eigenvalue weighted by atomic mass is 9.86. The fourth-order valence-corrected chi connectivity index (χ4v) is 4.33. The number of rotatable bonds is 4. The van der Waals surface area contributed by atoms with Crippen LogP contribution in [0.1, 0.15) is 35.4 Å². The topological polar surface area (TPSA) is 3.24 Å². The minimum Gasteiger partial charge on any atom is -0.309 e. The highest BCUT2D eigenvalue weighted by Crippen LogP contribution is 2.48. The molecule has 0 aliphatic carbocycles. The van der Waals surface area contributed by atoms with E-state index in [1.165, 1.54) is 12.1 Å². The number of fused-ring (bicyclic) bond motifs is 2. The Morgan fingerprint density at radius 3 is 2.42 bits per heavy atom. The zero-order valence-corrected chi connectivity index (χ0v) is 14.5. The molecule has 1 nitrogen and oxygen atoms in total. The molecule has 1 heterocycles. The van der Waals surface area contributed by atoms with Gasteiger partial charge in [0.05, 0.1) is 5.56 Å². The molecule has 24 heavy (non-hydrogen) atoms. The molecule has 3 rings (SSSR count). The van der Waals surface area contributed by atoms with Crippen molar-refractivity contribution in [3.8, 4) is 0 Å². The standard InChI is InChI=1S/C19H20F3NS/c1-23(2)11-5-7-14-15-6-3-4-8-17(15)24-18-10-9-13(12-16(14)18)19(20,21)22/h3-4,6,8-10,12,14H,5,7,11H2,1-2H3. The van der Waals surface area contributed by atoms with Gasteiger partial charge in [0, 0.05) is 15.7 Å². The maximum atomic E-state index is 13.1. The highest BCUT2D eigenvalue weighted by molar-refractivity contribution is 7.99. The Morgan fingerprint density at radius 2 is 1.71 bits per heavy atom. The second kappa shape index (κ2) is 6.81. The van der Waals surface area contributed by atoms with Gasteiger partial charge >= 0.3 is 6.18 Å². The van der Waals surface area contributed by atoms with Gasteiger partial charge in [-0.25, -0.2) is 0 Å². The monoisotopic (exact) mass is 351 g/mol. The minimum atomic E-state index is -4.30. The van der Waals surface area contributed by atoms with Gasteiger partial charge < -0.3 is 4.90 Å². The fraction of sp³-hybridized carbons (Fsp3) is 0.368. The van der Waals surface area contributed by atoms with Crippen LogP contribution in [0.5, 0.6) is 0 Å². The molecule has 2 aromatic carbocycles. The number of nitrogens with zero attached hydrogens (tertiary/aromatic N) is 1. The third-order valence-corrected chi connectivity index (χ3v) is 5.51. The quantitative estimate of drug-likeness (QED) is 0.701. The Labute approximate surface area is 144 Å². The number of alkyl halides is 3. The summed E-state index contributed by atoms with van der Waals surface area (Å²) in [6, 6.07) is 12.2. The molecule has 0 bridgehead atoms. The van der Waals surface area contributed by atoms with E-state index in [0.29, 0.717) is 0 Å². The molecule has 1 aliphatic heterocycles. The molecule has 0 radical (unpaired) electrons. The van der Waals surface area contributed by atoms with Gasteiger partial charge in [-0.1, -0.05) is 30.0 Å². The van der Waals surface area contributed by atoms with E-state index in [2.05, 4.69) is 11.0 Å². The predicted molar refractivity (Wildman–Crippen MR) is 91.6 cm³/mol. The second-order valence-electron chi connectivity index (χ2n) is 6.39. The highest BCUT2D eigenvalue weighted by atomic mass is 32.2. The second-order valence-corrected chi connectivity index (χ2v) is 7.47. The summed E-state index contributed by atoms with van der Waals surface area (Å²) in [6.07, 6.45) is -2.50. The van der Waals surface area contributed by atoms with E-state index < -0.39 is 11.7 Å². The van der Waals surface area contributed by atoms with E-state index in [9.17, 15) is 13.2 Å². The average Bonchev–Trinajstić information content (AvgIpc) is 2.52. The first-order valence-corrected chi connectivity index (χ1v) is 8.80. The van der Waals surface area contributed by atoms with Crippen LogP contribution >= 0.6 is 11.8 Å². The van der Waals surface area contributed by atoms with E-state index >= 15 is 0 Å². The molecule has 128 valence electrons. The lowest BCUT2D eigenvalue weighted by Crippen LogP contribution is -2.16. The summed E-state index contributed by atoms with van der Waals surface area (Å²) >= 11 is 1.57. The van der Waals surface area contributed by atoms with Crippen LogP contribution in [0.15, 0.2) is 52.3 Å². The first kappa shape index (κ1) is 17.4. The van der Waals surface area contributed by atoms with Crippen molar-refractivity contribution < 1.29 is 13.2 Å². The molecule has 1 atom stereocenters. The van der Waals surface area contributed by atoms with Crippen LogP contribution in [-0.4, -0.2) is 25.5 Å². The normalized spacial score (nSPS) is 16.8. The van der Waals surface area contributed by atoms with Crippen LogP contribution < -0.4 is 0 Å². The smallest absolute Gasteiger partial charge is 0.309 e. The summed E-state index contributed by atoms with van der Waals surface area (Å²) in [5, 5.41) is 0. The van der Waals surface area contributed by atoms with E-state index in [1.54, 1.807) is 17.8 Å². The molecule has 0 fully saturated rings. The van der Waals surface area contributed by atoms with E-state index in [-0.39, 0.29) is 5.92 Å². The van der Waals surface area contributed by atoms with Crippen molar-refractivity contribution in [1.29, 1.82) is 0 Å². The predicted octanol–water partition coefficient (Wildman–Crippen LogP) is 5.64. The molecule has 0 amide bonds. The van der Waals surface area contributed by atoms with Crippen molar-refractivity contribution in [2.24, 2.45) is 0 Å². The van der Waals surface area contributed by atoms with Gasteiger partial charge in [-0.05, 0) is 68.9 Å². The largest absolute Gasteiger partial charge is 0.416 e. The number of halogens is 3. The van der Waals surface area contributed by atoms with Crippen LogP contribution in [-0.2, 0) is 6.18 Å². The molecule has 1 aliphatic rings. The van der Waals surface area contributed by atoms with Gasteiger partial charge in [0.2, 0.25) is 0 Å². The Balaban J connectivity index is 1.99. The first-order valence-electron chi connectivity index (χ1n) is 7.99. The van der Waals surface area contributed by atoms with Gasteiger partial charge in [-0.3, -0.25) is 0 Å². The zero-order chi connectivity index (χ0) is 17.3. The number of hydrogen-bond acceptors (Lipinski definition) is 2. The Bertz CT molecular complexity index is 725. The van der Waals surface area contributed by atoms with Crippen LogP contribution in [0.4, 0.5) is 13.2 Å². The van der Waals surface area contributed by atoms with Crippen LogP contribution in [0.25, 0.3) is 0 Å². The van der Waals surface area contributed by atoms with Crippen molar-refractivity contribution in [3.63, 3.8) is 0 Å². The molecular weight excluding hydrogens is 331 g/mol.